The number of thiophene rings is 1. The molecule has 0 aliphatic heterocycles. The number of carbonyl (C=O) groups excluding carboxylic acids is 1. The van der Waals surface area contributed by atoms with E-state index in [1.165, 1.54) is 0 Å². The summed E-state index contributed by atoms with van der Waals surface area (Å²) >= 11 is 5.04. The first kappa shape index (κ1) is 14.5. The number of nitrogens with one attached hydrogen (secondary N) is 1. The molecule has 0 fully saturated rings. The Labute approximate surface area is 115 Å². The van der Waals surface area contributed by atoms with Crippen LogP contribution in [0, 0.1) is 0 Å². The summed E-state index contributed by atoms with van der Waals surface area (Å²) in [7, 11) is 0. The number of hydrogen-bond acceptors (Lipinski definition) is 3. The maximum Gasteiger partial charge on any atom is 0.408 e. The van der Waals surface area contributed by atoms with Gasteiger partial charge in [-0.1, -0.05) is 6.92 Å². The van der Waals surface area contributed by atoms with Crippen LogP contribution < -0.4 is 5.32 Å². The van der Waals surface area contributed by atoms with Crippen LogP contribution in [0.1, 0.15) is 45.0 Å². The van der Waals surface area contributed by atoms with Crippen molar-refractivity contribution in [1.82, 2.24) is 5.32 Å². The first-order valence-corrected chi connectivity index (χ1v) is 7.22. The van der Waals surface area contributed by atoms with Crippen molar-refractivity contribution in [1.29, 1.82) is 0 Å². The largest absolute Gasteiger partial charge is 0.444 e. The molecular formula is C12H18BrNO2S. The zero-order valence-electron chi connectivity index (χ0n) is 10.5. The third-order valence-corrected chi connectivity index (χ3v) is 3.84. The maximum absolute atomic E-state index is 11.7. The van der Waals surface area contributed by atoms with E-state index in [2.05, 4.69) is 21.2 Å². The van der Waals surface area contributed by atoms with Gasteiger partial charge in [0, 0.05) is 14.7 Å². The van der Waals surface area contributed by atoms with Gasteiger partial charge < -0.3 is 10.1 Å². The highest BCUT2D eigenvalue weighted by atomic mass is 79.9. The number of halogens is 1. The number of carbonyl (C=O) groups is 1. The molecule has 1 N–H and O–H groups in total. The van der Waals surface area contributed by atoms with E-state index < -0.39 is 5.60 Å². The van der Waals surface area contributed by atoms with Gasteiger partial charge in [-0.05, 0) is 49.2 Å². The van der Waals surface area contributed by atoms with Crippen molar-refractivity contribution in [2.75, 3.05) is 0 Å². The Morgan fingerprint density at radius 1 is 1.59 bits per heavy atom. The monoisotopic (exact) mass is 319 g/mol. The maximum atomic E-state index is 11.7. The molecule has 1 aromatic rings. The number of hydrogen-bond donors (Lipinski definition) is 1. The third kappa shape index (κ3) is 5.08. The highest BCUT2D eigenvalue weighted by Crippen LogP contribution is 2.27. The fourth-order valence-electron chi connectivity index (χ4n) is 1.34. The third-order valence-electron chi connectivity index (χ3n) is 2.03. The molecule has 0 aromatic carbocycles. The second-order valence-corrected chi connectivity index (χ2v) is 6.63. The Bertz CT molecular complexity index is 384. The number of rotatable bonds is 3. The minimum Gasteiger partial charge on any atom is -0.444 e. The van der Waals surface area contributed by atoms with E-state index in [4.69, 9.17) is 4.74 Å². The van der Waals surface area contributed by atoms with Gasteiger partial charge in [0.25, 0.3) is 0 Å². The highest BCUT2D eigenvalue weighted by molar-refractivity contribution is 9.10. The van der Waals surface area contributed by atoms with Gasteiger partial charge in [-0.25, -0.2) is 4.79 Å². The summed E-state index contributed by atoms with van der Waals surface area (Å²) in [5, 5.41) is 4.89. The van der Waals surface area contributed by atoms with Crippen molar-refractivity contribution in [3.8, 4) is 0 Å². The lowest BCUT2D eigenvalue weighted by Gasteiger charge is -2.22. The smallest absolute Gasteiger partial charge is 0.408 e. The molecule has 1 rings (SSSR count). The topological polar surface area (TPSA) is 38.3 Å². The molecule has 0 spiro atoms. The molecule has 0 saturated carbocycles. The summed E-state index contributed by atoms with van der Waals surface area (Å²) in [5.41, 5.74) is -0.460. The predicted octanol–water partition coefficient (Wildman–Crippen LogP) is 4.49. The molecule has 1 heterocycles. The first-order valence-electron chi connectivity index (χ1n) is 5.55. The Hall–Kier alpha value is -0.550. The molecule has 0 radical (unpaired) electrons. The molecule has 96 valence electrons. The number of ether oxygens (including phenoxy) is 1. The van der Waals surface area contributed by atoms with Crippen LogP contribution >= 0.6 is 27.3 Å². The van der Waals surface area contributed by atoms with Crippen LogP contribution in [0.2, 0.25) is 0 Å². The van der Waals surface area contributed by atoms with Crippen LogP contribution in [0.3, 0.4) is 0 Å². The van der Waals surface area contributed by atoms with Crippen LogP contribution in [0.4, 0.5) is 4.79 Å². The van der Waals surface area contributed by atoms with Crippen molar-refractivity contribution >= 4 is 33.4 Å². The van der Waals surface area contributed by atoms with Gasteiger partial charge >= 0.3 is 6.09 Å². The quantitative estimate of drug-likeness (QED) is 0.891. The van der Waals surface area contributed by atoms with E-state index >= 15 is 0 Å². The van der Waals surface area contributed by atoms with Gasteiger partial charge in [0.15, 0.2) is 0 Å². The van der Waals surface area contributed by atoms with Gasteiger partial charge in [0.05, 0.1) is 6.04 Å². The fraction of sp³-hybridized carbons (Fsp3) is 0.583. The Morgan fingerprint density at radius 3 is 2.65 bits per heavy atom. The molecule has 17 heavy (non-hydrogen) atoms. The summed E-state index contributed by atoms with van der Waals surface area (Å²) < 4.78 is 6.28. The molecule has 0 aliphatic rings. The van der Waals surface area contributed by atoms with Crippen molar-refractivity contribution in [3.05, 3.63) is 20.8 Å². The zero-order valence-corrected chi connectivity index (χ0v) is 12.9. The molecule has 3 nitrogen and oxygen atoms in total. The fourth-order valence-corrected chi connectivity index (χ4v) is 2.92. The van der Waals surface area contributed by atoms with Crippen LogP contribution in [0.5, 0.6) is 0 Å². The second kappa shape index (κ2) is 5.87. The van der Waals surface area contributed by atoms with Crippen molar-refractivity contribution in [2.24, 2.45) is 0 Å². The van der Waals surface area contributed by atoms with Crippen LogP contribution in [0.25, 0.3) is 0 Å². The van der Waals surface area contributed by atoms with Gasteiger partial charge in [0.1, 0.15) is 5.60 Å². The highest BCUT2D eigenvalue weighted by Gasteiger charge is 2.20. The minimum atomic E-state index is -0.460. The van der Waals surface area contributed by atoms with E-state index in [1.807, 2.05) is 39.1 Å². The summed E-state index contributed by atoms with van der Waals surface area (Å²) in [6.45, 7) is 7.61. The first-order chi connectivity index (χ1) is 7.81. The van der Waals surface area contributed by atoms with E-state index in [1.54, 1.807) is 11.3 Å². The molecule has 1 aromatic heterocycles. The lowest BCUT2D eigenvalue weighted by molar-refractivity contribution is 0.0503. The van der Waals surface area contributed by atoms with E-state index in [0.29, 0.717) is 0 Å². The Balaban J connectivity index is 2.62. The van der Waals surface area contributed by atoms with Gasteiger partial charge in [0.2, 0.25) is 0 Å². The Kier molecular flexibility index (Phi) is 5.01. The standard InChI is InChI=1S/C12H18BrNO2S/c1-5-9(10-6-8(13)7-17-10)14-11(15)16-12(2,3)4/h6-7,9H,5H2,1-4H3,(H,14,15). The van der Waals surface area contributed by atoms with Crippen molar-refractivity contribution < 1.29 is 9.53 Å². The van der Waals surface area contributed by atoms with Crippen molar-refractivity contribution in [2.45, 2.75) is 45.8 Å². The minimum absolute atomic E-state index is 0.0150. The normalized spacial score (nSPS) is 13.2. The molecule has 1 unspecified atom stereocenters. The Morgan fingerprint density at radius 2 is 2.24 bits per heavy atom. The van der Waals surface area contributed by atoms with Gasteiger partial charge in [-0.2, -0.15) is 0 Å². The SMILES string of the molecule is CCC(NC(=O)OC(C)(C)C)c1cc(Br)cs1. The zero-order chi connectivity index (χ0) is 13.1. The van der Waals surface area contributed by atoms with E-state index in [-0.39, 0.29) is 12.1 Å². The van der Waals surface area contributed by atoms with Crippen LogP contribution in [0.15, 0.2) is 15.9 Å². The summed E-state index contributed by atoms with van der Waals surface area (Å²) in [4.78, 5) is 12.8. The molecule has 0 saturated heterocycles. The van der Waals surface area contributed by atoms with Gasteiger partial charge in [-0.15, -0.1) is 11.3 Å². The molecule has 0 bridgehead atoms. The van der Waals surface area contributed by atoms with Crippen molar-refractivity contribution in [3.63, 3.8) is 0 Å². The van der Waals surface area contributed by atoms with Crippen LogP contribution in [-0.2, 0) is 4.74 Å². The lowest BCUT2D eigenvalue weighted by atomic mass is 10.2. The molecule has 1 amide bonds. The average Bonchev–Trinajstić information content (AvgIpc) is 2.58. The second-order valence-electron chi connectivity index (χ2n) is 4.77. The van der Waals surface area contributed by atoms with Crippen LogP contribution in [-0.4, -0.2) is 11.7 Å². The lowest BCUT2D eigenvalue weighted by Crippen LogP contribution is -2.34. The predicted molar refractivity (Wildman–Crippen MR) is 74.4 cm³/mol. The molecule has 5 heteroatoms. The van der Waals surface area contributed by atoms with Gasteiger partial charge in [-0.3, -0.25) is 0 Å². The molecular weight excluding hydrogens is 302 g/mol. The average molecular weight is 320 g/mol. The number of amides is 1. The summed E-state index contributed by atoms with van der Waals surface area (Å²) in [6.07, 6.45) is 0.473. The summed E-state index contributed by atoms with van der Waals surface area (Å²) in [6, 6.07) is 2.04. The molecule has 0 aliphatic carbocycles. The van der Waals surface area contributed by atoms with E-state index in [9.17, 15) is 4.79 Å². The number of alkyl carbamates (subject to hydrolysis) is 1. The summed E-state index contributed by atoms with van der Waals surface area (Å²) in [5.74, 6) is 0. The molecule has 1 atom stereocenters. The van der Waals surface area contributed by atoms with E-state index in [0.717, 1.165) is 15.8 Å².